The number of nitrogens with zero attached hydrogens (tertiary/aromatic N) is 3. The number of H-pyrrole nitrogens is 1. The first-order valence-corrected chi connectivity index (χ1v) is 11.5. The second-order valence-electron chi connectivity index (χ2n) is 8.62. The molecule has 1 aliphatic rings. The highest BCUT2D eigenvalue weighted by atomic mass is 16.4. The fraction of sp³-hybridized carbons (Fsp3) is 0.440. The van der Waals surface area contributed by atoms with E-state index in [0.717, 1.165) is 36.2 Å². The summed E-state index contributed by atoms with van der Waals surface area (Å²) in [5.74, 6) is -0.643. The molecule has 1 fully saturated rings. The van der Waals surface area contributed by atoms with E-state index in [2.05, 4.69) is 62.3 Å². The molecule has 3 aromatic rings. The van der Waals surface area contributed by atoms with Crippen LogP contribution in [0.15, 0.2) is 48.5 Å². The Morgan fingerprint density at radius 2 is 1.88 bits per heavy atom. The minimum absolute atomic E-state index is 0.346. The van der Waals surface area contributed by atoms with Gasteiger partial charge in [0, 0.05) is 5.92 Å². The number of aliphatic carboxylic acids is 1. The summed E-state index contributed by atoms with van der Waals surface area (Å²) in [5, 5.41) is 27.8. The average Bonchev–Trinajstić information content (AvgIpc) is 3.37. The Labute approximate surface area is 188 Å². The van der Waals surface area contributed by atoms with Crippen LogP contribution < -0.4 is 5.32 Å². The summed E-state index contributed by atoms with van der Waals surface area (Å²) in [6, 6.07) is 17.1. The summed E-state index contributed by atoms with van der Waals surface area (Å²) < 4.78 is 0. The molecular weight excluding hydrogens is 402 g/mol. The lowest BCUT2D eigenvalue weighted by atomic mass is 9.81. The van der Waals surface area contributed by atoms with Crippen molar-refractivity contribution in [1.82, 2.24) is 25.9 Å². The highest BCUT2D eigenvalue weighted by molar-refractivity contribution is 5.72. The fourth-order valence-electron chi connectivity index (χ4n) is 4.85. The van der Waals surface area contributed by atoms with Crippen molar-refractivity contribution < 1.29 is 9.90 Å². The zero-order chi connectivity index (χ0) is 22.3. The minimum atomic E-state index is -0.814. The van der Waals surface area contributed by atoms with Crippen LogP contribution in [0.1, 0.15) is 61.4 Å². The summed E-state index contributed by atoms with van der Waals surface area (Å²) >= 11 is 0. The third-order valence-electron chi connectivity index (χ3n) is 6.59. The van der Waals surface area contributed by atoms with Gasteiger partial charge in [-0.15, -0.1) is 10.2 Å². The van der Waals surface area contributed by atoms with E-state index < -0.39 is 11.9 Å². The van der Waals surface area contributed by atoms with Crippen LogP contribution in [-0.2, 0) is 11.2 Å². The predicted octanol–water partition coefficient (Wildman–Crippen LogP) is 4.16. The number of rotatable bonds is 9. The third-order valence-corrected chi connectivity index (χ3v) is 6.59. The van der Waals surface area contributed by atoms with Crippen LogP contribution in [0.25, 0.3) is 11.1 Å². The van der Waals surface area contributed by atoms with Crippen molar-refractivity contribution in [3.05, 3.63) is 65.5 Å². The number of carboxylic acid groups (broad SMARTS) is 1. The molecule has 0 amide bonds. The van der Waals surface area contributed by atoms with E-state index in [4.69, 9.17) is 0 Å². The molecule has 168 valence electrons. The number of tetrazole rings is 1. The zero-order valence-corrected chi connectivity index (χ0v) is 18.5. The van der Waals surface area contributed by atoms with Crippen LogP contribution in [0.2, 0.25) is 0 Å². The summed E-state index contributed by atoms with van der Waals surface area (Å²) in [4.78, 5) is 12.1. The van der Waals surface area contributed by atoms with Gasteiger partial charge in [0.25, 0.3) is 0 Å². The molecule has 1 aliphatic heterocycles. The minimum Gasteiger partial charge on any atom is -0.481 e. The van der Waals surface area contributed by atoms with Crippen molar-refractivity contribution in [2.45, 2.75) is 50.9 Å². The first-order chi connectivity index (χ1) is 15.7. The van der Waals surface area contributed by atoms with Gasteiger partial charge in [-0.1, -0.05) is 67.1 Å². The monoisotopic (exact) mass is 433 g/mol. The van der Waals surface area contributed by atoms with Crippen LogP contribution in [0.3, 0.4) is 0 Å². The molecule has 2 aromatic carbocycles. The third kappa shape index (κ3) is 5.05. The smallest absolute Gasteiger partial charge is 0.307 e. The normalized spacial score (nSPS) is 16.5. The van der Waals surface area contributed by atoms with Crippen molar-refractivity contribution in [2.24, 2.45) is 5.92 Å². The molecule has 7 heteroatoms. The molecule has 2 unspecified atom stereocenters. The Kier molecular flexibility index (Phi) is 7.27. The number of carboxylic acids is 1. The molecule has 0 aliphatic carbocycles. The lowest BCUT2D eigenvalue weighted by Gasteiger charge is -2.24. The summed E-state index contributed by atoms with van der Waals surface area (Å²) in [5.41, 5.74) is 4.76. The molecule has 2 heterocycles. The van der Waals surface area contributed by atoms with E-state index in [0.29, 0.717) is 24.6 Å². The van der Waals surface area contributed by atoms with Crippen molar-refractivity contribution in [3.63, 3.8) is 0 Å². The molecule has 2 atom stereocenters. The molecule has 0 radical (unpaired) electrons. The number of carbonyl (C=O) groups is 1. The highest BCUT2D eigenvalue weighted by Crippen LogP contribution is 2.34. The first-order valence-electron chi connectivity index (χ1n) is 11.5. The lowest BCUT2D eigenvalue weighted by molar-refractivity contribution is -0.142. The molecule has 4 rings (SSSR count). The molecule has 0 spiro atoms. The molecule has 3 N–H and O–H groups in total. The van der Waals surface area contributed by atoms with E-state index in [-0.39, 0.29) is 5.92 Å². The maximum Gasteiger partial charge on any atom is 0.307 e. The fourth-order valence-corrected chi connectivity index (χ4v) is 4.85. The number of nitrogens with one attached hydrogen (secondary N) is 2. The number of piperidine rings is 1. The summed E-state index contributed by atoms with van der Waals surface area (Å²) in [7, 11) is 0. The van der Waals surface area contributed by atoms with Gasteiger partial charge in [0.1, 0.15) is 0 Å². The van der Waals surface area contributed by atoms with Gasteiger partial charge in [0.05, 0.1) is 5.92 Å². The number of hydrogen-bond donors (Lipinski definition) is 3. The van der Waals surface area contributed by atoms with Gasteiger partial charge in [-0.2, -0.15) is 5.21 Å². The van der Waals surface area contributed by atoms with Crippen molar-refractivity contribution in [3.8, 4) is 11.1 Å². The molecule has 1 saturated heterocycles. The van der Waals surface area contributed by atoms with Gasteiger partial charge in [-0.25, -0.2) is 0 Å². The molecule has 0 saturated carbocycles. The number of aromatic amines is 1. The van der Waals surface area contributed by atoms with Crippen LogP contribution in [0, 0.1) is 5.92 Å². The van der Waals surface area contributed by atoms with Gasteiger partial charge in [-0.05, 0) is 66.9 Å². The van der Waals surface area contributed by atoms with E-state index in [9.17, 15) is 9.90 Å². The molecule has 1 aromatic heterocycles. The van der Waals surface area contributed by atoms with Gasteiger partial charge in [-0.3, -0.25) is 4.79 Å². The zero-order valence-electron chi connectivity index (χ0n) is 18.5. The van der Waals surface area contributed by atoms with Gasteiger partial charge >= 0.3 is 5.97 Å². The predicted molar refractivity (Wildman–Crippen MR) is 123 cm³/mol. The second kappa shape index (κ2) is 10.5. The van der Waals surface area contributed by atoms with Crippen LogP contribution in [0.4, 0.5) is 0 Å². The SMILES string of the molecule is CCCC(C(=O)O)C(Cc1ccccc1-c1ccc(C2CCNCC2)cc1)c1nn[nH]n1. The van der Waals surface area contributed by atoms with E-state index in [1.54, 1.807) is 0 Å². The Morgan fingerprint density at radius 3 is 2.53 bits per heavy atom. The number of hydrogen-bond acceptors (Lipinski definition) is 5. The number of aromatic nitrogens is 4. The maximum atomic E-state index is 12.1. The molecule has 7 nitrogen and oxygen atoms in total. The van der Waals surface area contributed by atoms with Crippen molar-refractivity contribution in [1.29, 1.82) is 0 Å². The van der Waals surface area contributed by atoms with Gasteiger partial charge < -0.3 is 10.4 Å². The first kappa shape index (κ1) is 22.1. The highest BCUT2D eigenvalue weighted by Gasteiger charge is 2.32. The van der Waals surface area contributed by atoms with Crippen molar-refractivity contribution >= 4 is 5.97 Å². The molecule has 32 heavy (non-hydrogen) atoms. The number of benzene rings is 2. The standard InChI is InChI=1S/C25H31N5O2/c1-2-5-22(25(31)32)23(24-27-29-30-28-24)16-20-6-3-4-7-21(20)19-10-8-17(9-11-19)18-12-14-26-15-13-18/h3-4,6-11,18,22-23,26H,2,5,12-16H2,1H3,(H,31,32)(H,27,28,29,30). The average molecular weight is 434 g/mol. The van der Waals surface area contributed by atoms with Gasteiger partial charge in [0.2, 0.25) is 0 Å². The van der Waals surface area contributed by atoms with Crippen LogP contribution in [0.5, 0.6) is 0 Å². The summed E-state index contributed by atoms with van der Waals surface area (Å²) in [6.07, 6.45) is 4.25. The summed E-state index contributed by atoms with van der Waals surface area (Å²) in [6.45, 7) is 4.16. The Morgan fingerprint density at radius 1 is 1.12 bits per heavy atom. The van der Waals surface area contributed by atoms with E-state index >= 15 is 0 Å². The van der Waals surface area contributed by atoms with E-state index in [1.165, 1.54) is 18.4 Å². The van der Waals surface area contributed by atoms with Crippen molar-refractivity contribution in [2.75, 3.05) is 13.1 Å². The molecule has 0 bridgehead atoms. The van der Waals surface area contributed by atoms with Gasteiger partial charge in [0.15, 0.2) is 5.82 Å². The topological polar surface area (TPSA) is 104 Å². The van der Waals surface area contributed by atoms with E-state index in [1.807, 2.05) is 19.1 Å². The largest absolute Gasteiger partial charge is 0.481 e. The van der Waals surface area contributed by atoms with Crippen LogP contribution in [-0.4, -0.2) is 44.8 Å². The quantitative estimate of drug-likeness (QED) is 0.468. The Hall–Kier alpha value is -3.06. The second-order valence-corrected chi connectivity index (χ2v) is 8.62. The maximum absolute atomic E-state index is 12.1. The molecular formula is C25H31N5O2. The Bertz CT molecular complexity index is 997. The lowest BCUT2D eigenvalue weighted by Crippen LogP contribution is -2.26. The Balaban J connectivity index is 1.62. The van der Waals surface area contributed by atoms with Crippen LogP contribution >= 0.6 is 0 Å².